The normalized spacial score (nSPS) is 11.2. The van der Waals surface area contributed by atoms with Gasteiger partial charge in [0.15, 0.2) is 29.4 Å². The molecule has 252 valence electrons. The number of ether oxygens (including phenoxy) is 1. The minimum absolute atomic E-state index is 0.169. The third-order valence-corrected chi connectivity index (χ3v) is 10.7. The zero-order valence-electron chi connectivity index (χ0n) is 25.6. The summed E-state index contributed by atoms with van der Waals surface area (Å²) in [5.41, 5.74) is 0. The molecular formula is C36H28B2F8OS2. The molecule has 0 radical (unpaired) electrons. The van der Waals surface area contributed by atoms with E-state index in [0.717, 1.165) is 11.5 Å². The van der Waals surface area contributed by atoms with E-state index >= 15 is 0 Å². The summed E-state index contributed by atoms with van der Waals surface area (Å²) >= 11 is 0. The quantitative estimate of drug-likeness (QED) is 0.0867. The summed E-state index contributed by atoms with van der Waals surface area (Å²) in [5.74, 6) is 1.67. The molecule has 13 heteroatoms. The molecule has 0 aliphatic rings. The lowest BCUT2D eigenvalue weighted by atomic mass is 10.3. The maximum atomic E-state index is 9.75. The zero-order chi connectivity index (χ0) is 35.3. The molecule has 0 unspecified atom stereocenters. The predicted molar refractivity (Wildman–Crippen MR) is 183 cm³/mol. The minimum Gasteiger partial charge on any atom is -0.457 e. The first-order valence-corrected chi connectivity index (χ1v) is 17.1. The van der Waals surface area contributed by atoms with Gasteiger partial charge in [0.2, 0.25) is 0 Å². The lowest BCUT2D eigenvalue weighted by molar-refractivity contribution is 0.366. The van der Waals surface area contributed by atoms with Gasteiger partial charge in [-0.2, -0.15) is 0 Å². The number of benzene rings is 6. The van der Waals surface area contributed by atoms with Crippen molar-refractivity contribution in [1.29, 1.82) is 0 Å². The number of rotatable bonds is 8. The van der Waals surface area contributed by atoms with Gasteiger partial charge in [0.1, 0.15) is 11.5 Å². The van der Waals surface area contributed by atoms with Gasteiger partial charge >= 0.3 is 14.5 Å². The van der Waals surface area contributed by atoms with Crippen LogP contribution in [0.15, 0.2) is 199 Å². The number of hydrogen-bond donors (Lipinski definition) is 0. The van der Waals surface area contributed by atoms with Crippen molar-refractivity contribution in [1.82, 2.24) is 0 Å². The van der Waals surface area contributed by atoms with Crippen molar-refractivity contribution in [3.63, 3.8) is 0 Å². The summed E-state index contributed by atoms with van der Waals surface area (Å²) in [5, 5.41) is 0. The first kappa shape index (κ1) is 37.2. The Hall–Kier alpha value is -4.61. The van der Waals surface area contributed by atoms with E-state index in [2.05, 4.69) is 170 Å². The molecule has 0 aromatic heterocycles. The van der Waals surface area contributed by atoms with Crippen LogP contribution >= 0.6 is 0 Å². The van der Waals surface area contributed by atoms with Crippen LogP contribution in [0.3, 0.4) is 0 Å². The summed E-state index contributed by atoms with van der Waals surface area (Å²) in [6.45, 7) is 0. The third kappa shape index (κ3) is 13.1. The first-order chi connectivity index (χ1) is 23.3. The van der Waals surface area contributed by atoms with Crippen molar-refractivity contribution < 1.29 is 39.3 Å². The Morgan fingerprint density at radius 3 is 0.673 bits per heavy atom. The van der Waals surface area contributed by atoms with Gasteiger partial charge in [0, 0.05) is 0 Å². The van der Waals surface area contributed by atoms with Crippen LogP contribution in [0.25, 0.3) is 0 Å². The van der Waals surface area contributed by atoms with E-state index in [-0.39, 0.29) is 21.8 Å². The molecule has 0 heterocycles. The highest BCUT2D eigenvalue weighted by atomic mass is 32.2. The minimum atomic E-state index is -6.00. The fourth-order valence-electron chi connectivity index (χ4n) is 4.47. The molecule has 0 amide bonds. The van der Waals surface area contributed by atoms with E-state index in [1.165, 1.54) is 29.4 Å². The second-order valence-corrected chi connectivity index (χ2v) is 14.0. The van der Waals surface area contributed by atoms with Gasteiger partial charge in [0.05, 0.1) is 21.8 Å². The van der Waals surface area contributed by atoms with Crippen LogP contribution in [0.2, 0.25) is 0 Å². The van der Waals surface area contributed by atoms with Gasteiger partial charge < -0.3 is 39.3 Å². The fraction of sp³-hybridized carbons (Fsp3) is 0. The molecule has 0 aliphatic heterocycles. The molecule has 0 atom stereocenters. The molecule has 6 aromatic carbocycles. The second-order valence-electron chi connectivity index (χ2n) is 9.90. The van der Waals surface area contributed by atoms with Crippen LogP contribution in [0.1, 0.15) is 0 Å². The van der Waals surface area contributed by atoms with E-state index in [9.17, 15) is 34.5 Å². The monoisotopic (exact) mass is 714 g/mol. The molecule has 6 aromatic rings. The summed E-state index contributed by atoms with van der Waals surface area (Å²) in [4.78, 5) is 7.76. The smallest absolute Gasteiger partial charge is 0.457 e. The third-order valence-electron chi connectivity index (χ3n) is 6.27. The Balaban J connectivity index is 0.000000477. The van der Waals surface area contributed by atoms with Crippen LogP contribution < -0.4 is 4.74 Å². The van der Waals surface area contributed by atoms with Gasteiger partial charge in [-0.05, 0) is 97.1 Å². The standard InChI is InChI=1S/C36H28OS2.2BF4/c1-5-13-31(14-6-1)38(32-15-7-2-8-16-32)35-25-21-29(22-26-35)37-30-23-27-36(28-24-30)39(33-17-9-3-10-18-33)34-19-11-4-12-20-34;2*2-1(3,4)5/h1-28H;;/q+2;2*-1. The van der Waals surface area contributed by atoms with Crippen molar-refractivity contribution in [2.24, 2.45) is 0 Å². The zero-order valence-corrected chi connectivity index (χ0v) is 27.2. The van der Waals surface area contributed by atoms with Crippen molar-refractivity contribution in [2.45, 2.75) is 29.4 Å². The second kappa shape index (κ2) is 17.7. The predicted octanol–water partition coefficient (Wildman–Crippen LogP) is 12.3. The highest BCUT2D eigenvalue weighted by molar-refractivity contribution is 7.97. The Bertz CT molecular complexity index is 1590. The molecule has 0 bridgehead atoms. The highest BCUT2D eigenvalue weighted by Gasteiger charge is 2.29. The van der Waals surface area contributed by atoms with Gasteiger partial charge in [0.25, 0.3) is 0 Å². The molecule has 0 saturated heterocycles. The van der Waals surface area contributed by atoms with Gasteiger partial charge in [-0.15, -0.1) is 0 Å². The molecule has 0 spiro atoms. The fourth-order valence-corrected chi connectivity index (χ4v) is 8.63. The van der Waals surface area contributed by atoms with Gasteiger partial charge in [-0.3, -0.25) is 0 Å². The van der Waals surface area contributed by atoms with Crippen LogP contribution in [-0.4, -0.2) is 14.5 Å². The largest absolute Gasteiger partial charge is 0.673 e. The molecule has 0 aliphatic carbocycles. The lowest BCUT2D eigenvalue weighted by Gasteiger charge is -2.10. The van der Waals surface area contributed by atoms with Crippen LogP contribution in [0.5, 0.6) is 11.5 Å². The first-order valence-electron chi connectivity index (χ1n) is 14.7. The Labute approximate surface area is 285 Å². The molecule has 0 saturated carbocycles. The molecule has 49 heavy (non-hydrogen) atoms. The van der Waals surface area contributed by atoms with Crippen molar-refractivity contribution in [2.75, 3.05) is 0 Å². The maximum Gasteiger partial charge on any atom is 0.673 e. The summed E-state index contributed by atoms with van der Waals surface area (Å²) in [6, 6.07) is 59.9. The maximum absolute atomic E-state index is 9.75. The molecule has 6 rings (SSSR count). The molecule has 1 nitrogen and oxygen atoms in total. The van der Waals surface area contributed by atoms with E-state index in [1.54, 1.807) is 0 Å². The van der Waals surface area contributed by atoms with E-state index in [1.807, 2.05) is 0 Å². The Morgan fingerprint density at radius 1 is 0.286 bits per heavy atom. The van der Waals surface area contributed by atoms with Gasteiger partial charge in [-0.1, -0.05) is 72.8 Å². The topological polar surface area (TPSA) is 9.23 Å². The van der Waals surface area contributed by atoms with E-state index in [4.69, 9.17) is 4.74 Å². The summed E-state index contributed by atoms with van der Waals surface area (Å²) in [7, 11) is -12.3. The van der Waals surface area contributed by atoms with E-state index < -0.39 is 14.5 Å². The lowest BCUT2D eigenvalue weighted by Crippen LogP contribution is -2.04. The highest BCUT2D eigenvalue weighted by Crippen LogP contribution is 2.35. The SMILES string of the molecule is F[B-](F)(F)F.F[B-](F)(F)F.c1ccc([S+](c2ccccc2)c2ccc(Oc3ccc([S+](c4ccccc4)c4ccccc4)cc3)cc2)cc1. The average Bonchev–Trinajstić information content (AvgIpc) is 3.07. The van der Waals surface area contributed by atoms with E-state index in [0.29, 0.717) is 0 Å². The van der Waals surface area contributed by atoms with Crippen LogP contribution in [-0.2, 0) is 21.8 Å². The summed E-state index contributed by atoms with van der Waals surface area (Å²) in [6.07, 6.45) is 0. The average molecular weight is 714 g/mol. The molecular weight excluding hydrogens is 686 g/mol. The summed E-state index contributed by atoms with van der Waals surface area (Å²) < 4.78 is 84.3. The van der Waals surface area contributed by atoms with Crippen LogP contribution in [0.4, 0.5) is 34.5 Å². The van der Waals surface area contributed by atoms with Crippen molar-refractivity contribution in [3.8, 4) is 11.5 Å². The Morgan fingerprint density at radius 2 is 0.469 bits per heavy atom. The Kier molecular flexibility index (Phi) is 13.4. The van der Waals surface area contributed by atoms with Gasteiger partial charge in [-0.25, -0.2) is 0 Å². The molecule has 0 fully saturated rings. The van der Waals surface area contributed by atoms with Crippen molar-refractivity contribution >= 4 is 36.3 Å². The number of hydrogen-bond acceptors (Lipinski definition) is 1. The molecule has 0 N–H and O–H groups in total. The number of halogens is 8. The van der Waals surface area contributed by atoms with Crippen molar-refractivity contribution in [3.05, 3.63) is 170 Å². The van der Waals surface area contributed by atoms with Crippen LogP contribution in [0, 0.1) is 0 Å².